The van der Waals surface area contributed by atoms with Gasteiger partial charge in [-0.25, -0.2) is 0 Å². The Hall–Kier alpha value is -1.66. The lowest BCUT2D eigenvalue weighted by atomic mass is 10.0. The van der Waals surface area contributed by atoms with Crippen molar-refractivity contribution in [2.24, 2.45) is 5.73 Å². The molecule has 0 bridgehead atoms. The molecular weight excluding hydrogens is 236 g/mol. The number of rotatable bonds is 4. The van der Waals surface area contributed by atoms with Crippen LogP contribution in [0.1, 0.15) is 18.0 Å². The van der Waals surface area contributed by atoms with Crippen molar-refractivity contribution in [1.82, 2.24) is 0 Å². The summed E-state index contributed by atoms with van der Waals surface area (Å²) in [5.41, 5.74) is 5.82. The van der Waals surface area contributed by atoms with E-state index in [-0.39, 0.29) is 24.5 Å². The molecule has 1 aromatic rings. The number of non-ortho nitro benzene ring substituents is 1. The summed E-state index contributed by atoms with van der Waals surface area (Å²) in [7, 11) is 0. The Balaban J connectivity index is 0.00000225. The molecule has 0 amide bonds. The highest BCUT2D eigenvalue weighted by Gasteiger charge is 2.11. The van der Waals surface area contributed by atoms with Gasteiger partial charge in [-0.1, -0.05) is 12.1 Å². The number of halogens is 1. The molecule has 16 heavy (non-hydrogen) atoms. The smallest absolute Gasteiger partial charge is 0.269 e. The lowest BCUT2D eigenvalue weighted by Gasteiger charge is -2.11. The van der Waals surface area contributed by atoms with E-state index in [0.29, 0.717) is 5.56 Å². The number of aliphatic carboxylic acids is 1. The molecule has 1 atom stereocenters. The van der Waals surface area contributed by atoms with E-state index in [0.717, 1.165) is 0 Å². The third-order valence-electron chi connectivity index (χ3n) is 1.90. The van der Waals surface area contributed by atoms with Crippen LogP contribution in [-0.4, -0.2) is 10.9 Å². The molecule has 2 N–H and O–H groups in total. The van der Waals surface area contributed by atoms with E-state index in [1.54, 1.807) is 6.07 Å². The van der Waals surface area contributed by atoms with E-state index < -0.39 is 16.9 Å². The van der Waals surface area contributed by atoms with Crippen LogP contribution in [0.5, 0.6) is 0 Å². The third-order valence-corrected chi connectivity index (χ3v) is 1.90. The molecule has 0 aromatic heterocycles. The normalized spacial score (nSPS) is 11.3. The van der Waals surface area contributed by atoms with Crippen molar-refractivity contribution in [2.75, 3.05) is 0 Å². The van der Waals surface area contributed by atoms with E-state index in [1.807, 2.05) is 0 Å². The van der Waals surface area contributed by atoms with Gasteiger partial charge in [0.2, 0.25) is 0 Å². The average molecular weight is 246 g/mol. The first-order valence-electron chi connectivity index (χ1n) is 4.20. The van der Waals surface area contributed by atoms with Crippen LogP contribution < -0.4 is 10.8 Å². The van der Waals surface area contributed by atoms with Gasteiger partial charge in [-0.05, 0) is 5.56 Å². The molecule has 0 aliphatic heterocycles. The van der Waals surface area contributed by atoms with Gasteiger partial charge in [0.1, 0.15) is 0 Å². The van der Waals surface area contributed by atoms with Crippen LogP contribution in [0.2, 0.25) is 0 Å². The van der Waals surface area contributed by atoms with Crippen LogP contribution >= 0.6 is 12.4 Å². The molecule has 0 fully saturated rings. The first kappa shape index (κ1) is 14.3. The van der Waals surface area contributed by atoms with Crippen molar-refractivity contribution in [2.45, 2.75) is 12.5 Å². The van der Waals surface area contributed by atoms with E-state index in [4.69, 9.17) is 5.73 Å². The Morgan fingerprint density at radius 3 is 2.62 bits per heavy atom. The summed E-state index contributed by atoms with van der Waals surface area (Å²) < 4.78 is 0. The molecule has 0 heterocycles. The van der Waals surface area contributed by atoms with Crippen molar-refractivity contribution < 1.29 is 14.8 Å². The lowest BCUT2D eigenvalue weighted by Crippen LogP contribution is -2.27. The van der Waals surface area contributed by atoms with Crippen molar-refractivity contribution in [3.8, 4) is 0 Å². The van der Waals surface area contributed by atoms with Gasteiger partial charge in [-0.3, -0.25) is 10.1 Å². The summed E-state index contributed by atoms with van der Waals surface area (Å²) in [5, 5.41) is 20.7. The highest BCUT2D eigenvalue weighted by molar-refractivity contribution is 5.85. The van der Waals surface area contributed by atoms with Crippen molar-refractivity contribution in [3.63, 3.8) is 0 Å². The van der Waals surface area contributed by atoms with Crippen molar-refractivity contribution in [3.05, 3.63) is 39.9 Å². The van der Waals surface area contributed by atoms with Gasteiger partial charge in [-0.2, -0.15) is 0 Å². The van der Waals surface area contributed by atoms with Crippen LogP contribution in [0.3, 0.4) is 0 Å². The molecule has 0 saturated heterocycles. The van der Waals surface area contributed by atoms with Crippen LogP contribution in [0.15, 0.2) is 24.3 Å². The summed E-state index contributed by atoms with van der Waals surface area (Å²) in [5.74, 6) is -1.28. The van der Waals surface area contributed by atoms with Crippen molar-refractivity contribution in [1.29, 1.82) is 0 Å². The van der Waals surface area contributed by atoms with Gasteiger partial charge < -0.3 is 15.6 Å². The van der Waals surface area contributed by atoms with Crippen LogP contribution in [-0.2, 0) is 4.79 Å². The van der Waals surface area contributed by atoms with E-state index >= 15 is 0 Å². The van der Waals surface area contributed by atoms with Crippen LogP contribution in [0.4, 0.5) is 5.69 Å². The average Bonchev–Trinajstić information content (AvgIpc) is 2.17. The molecule has 0 radical (unpaired) electrons. The molecule has 88 valence electrons. The van der Waals surface area contributed by atoms with Gasteiger partial charge in [-0.15, -0.1) is 12.4 Å². The number of nitro groups is 1. The van der Waals surface area contributed by atoms with E-state index in [9.17, 15) is 20.0 Å². The highest BCUT2D eigenvalue weighted by atomic mass is 35.5. The molecule has 7 heteroatoms. The minimum atomic E-state index is -1.28. The number of nitro benzene ring substituents is 1. The van der Waals surface area contributed by atoms with Gasteiger partial charge in [0.15, 0.2) is 0 Å². The number of hydrogen-bond acceptors (Lipinski definition) is 5. The minimum absolute atomic E-state index is 0. The number of carboxylic acid groups (broad SMARTS) is 1. The predicted octanol–water partition coefficient (Wildman–Crippen LogP) is 0.156. The summed E-state index contributed by atoms with van der Waals surface area (Å²) in [6.45, 7) is 0. The maximum Gasteiger partial charge on any atom is 0.269 e. The molecule has 0 aliphatic rings. The Bertz CT molecular complexity index is 397. The summed E-state index contributed by atoms with van der Waals surface area (Å²) >= 11 is 0. The fourth-order valence-electron chi connectivity index (χ4n) is 1.17. The zero-order valence-electron chi connectivity index (χ0n) is 8.16. The van der Waals surface area contributed by atoms with Gasteiger partial charge in [0, 0.05) is 30.6 Å². The molecular formula is C9H10ClN2O4-. The Kier molecular flexibility index (Phi) is 5.41. The second kappa shape index (κ2) is 6.04. The number of carbonyl (C=O) groups excluding carboxylic acids is 1. The lowest BCUT2D eigenvalue weighted by molar-refractivity contribution is -0.384. The molecule has 1 unspecified atom stereocenters. The van der Waals surface area contributed by atoms with E-state index in [1.165, 1.54) is 18.2 Å². The van der Waals surface area contributed by atoms with Gasteiger partial charge in [0.25, 0.3) is 5.69 Å². The second-order valence-electron chi connectivity index (χ2n) is 3.03. The maximum atomic E-state index is 10.4. The predicted molar refractivity (Wildman–Crippen MR) is 56.9 cm³/mol. The fourth-order valence-corrected chi connectivity index (χ4v) is 1.17. The molecule has 0 saturated carbocycles. The molecule has 1 aromatic carbocycles. The Morgan fingerprint density at radius 1 is 1.50 bits per heavy atom. The third kappa shape index (κ3) is 3.84. The number of nitrogens with two attached hydrogens (primary N) is 1. The van der Waals surface area contributed by atoms with Gasteiger partial charge >= 0.3 is 0 Å². The van der Waals surface area contributed by atoms with Gasteiger partial charge in [0.05, 0.1) is 4.92 Å². The van der Waals surface area contributed by atoms with Crippen molar-refractivity contribution >= 4 is 24.1 Å². The second-order valence-corrected chi connectivity index (χ2v) is 3.03. The monoisotopic (exact) mass is 245 g/mol. The topological polar surface area (TPSA) is 109 Å². The molecule has 0 spiro atoms. The zero-order valence-corrected chi connectivity index (χ0v) is 8.98. The largest absolute Gasteiger partial charge is 0.550 e. The van der Waals surface area contributed by atoms with Crippen LogP contribution in [0.25, 0.3) is 0 Å². The number of benzene rings is 1. The van der Waals surface area contributed by atoms with E-state index in [2.05, 4.69) is 0 Å². The SMILES string of the molecule is Cl.NC(CC(=O)[O-])c1cccc([N+](=O)[O-])c1. The summed E-state index contributed by atoms with van der Waals surface area (Å²) in [4.78, 5) is 20.2. The van der Waals surface area contributed by atoms with Crippen LogP contribution in [0, 0.1) is 10.1 Å². The molecule has 1 rings (SSSR count). The Morgan fingerprint density at radius 2 is 2.12 bits per heavy atom. The first-order valence-corrected chi connectivity index (χ1v) is 4.20. The number of nitrogens with zero attached hydrogens (tertiary/aromatic N) is 1. The fraction of sp³-hybridized carbons (Fsp3) is 0.222. The first-order chi connectivity index (χ1) is 7.00. The molecule has 6 nitrogen and oxygen atoms in total. The minimum Gasteiger partial charge on any atom is -0.550 e. The summed E-state index contributed by atoms with van der Waals surface area (Å²) in [6, 6.07) is 4.79. The molecule has 0 aliphatic carbocycles. The summed E-state index contributed by atoms with van der Waals surface area (Å²) in [6.07, 6.45) is -0.360. The standard InChI is InChI=1S/C9H10N2O4.ClH/c10-8(5-9(12)13)6-2-1-3-7(4-6)11(14)15;/h1-4,8H,5,10H2,(H,12,13);1H/p-1. The Labute approximate surface area is 97.6 Å². The number of hydrogen-bond donors (Lipinski definition) is 1. The highest BCUT2D eigenvalue weighted by Crippen LogP contribution is 2.19. The number of carboxylic acids is 1. The zero-order chi connectivity index (χ0) is 11.4. The maximum absolute atomic E-state index is 10.4. The quantitative estimate of drug-likeness (QED) is 0.600. The number of carbonyl (C=O) groups is 1.